The number of hydrogen-bond donors (Lipinski definition) is 4. The smallest absolute Gasteiger partial charge is 0.323 e. The maximum absolute atomic E-state index is 13.0. The number of carbonyl (C=O) groups excluding carboxylic acids is 1. The Hall–Kier alpha value is -4.58. The third-order valence-corrected chi connectivity index (χ3v) is 7.61. The van der Waals surface area contributed by atoms with Crippen LogP contribution < -0.4 is 25.8 Å². The summed E-state index contributed by atoms with van der Waals surface area (Å²) in [6.45, 7) is 5.44. The number of hydrogen-bond acceptors (Lipinski definition) is 8. The van der Waals surface area contributed by atoms with Crippen LogP contribution in [0.2, 0.25) is 0 Å². The number of nitrogens with one attached hydrogen (secondary N) is 4. The van der Waals surface area contributed by atoms with Crippen molar-refractivity contribution in [1.82, 2.24) is 25.2 Å². The summed E-state index contributed by atoms with van der Waals surface area (Å²) < 4.78 is 10.9. The van der Waals surface area contributed by atoms with Crippen molar-refractivity contribution in [3.63, 3.8) is 0 Å². The highest BCUT2D eigenvalue weighted by atomic mass is 32.1. The number of H-pyrrole nitrogens is 2. The first-order valence-electron chi connectivity index (χ1n) is 13.3. The average molecular weight is 576 g/mol. The van der Waals surface area contributed by atoms with Crippen molar-refractivity contribution in [3.8, 4) is 11.5 Å². The van der Waals surface area contributed by atoms with Gasteiger partial charge in [-0.25, -0.2) is 14.8 Å². The lowest BCUT2D eigenvalue weighted by Crippen LogP contribution is -2.37. The monoisotopic (exact) mass is 575 g/mol. The number of fused-ring (bicyclic) bond motifs is 1. The molecule has 11 nitrogen and oxygen atoms in total. The third kappa shape index (κ3) is 6.27. The van der Waals surface area contributed by atoms with Gasteiger partial charge < -0.3 is 35.0 Å². The van der Waals surface area contributed by atoms with Crippen molar-refractivity contribution < 1.29 is 14.3 Å². The van der Waals surface area contributed by atoms with Crippen LogP contribution in [0, 0.1) is 6.92 Å². The maximum atomic E-state index is 13.0. The van der Waals surface area contributed by atoms with Gasteiger partial charge in [-0.05, 0) is 56.2 Å². The molecule has 1 saturated heterocycles. The van der Waals surface area contributed by atoms with E-state index in [1.807, 2.05) is 30.6 Å². The van der Waals surface area contributed by atoms with E-state index in [4.69, 9.17) is 14.5 Å². The van der Waals surface area contributed by atoms with E-state index >= 15 is 0 Å². The SMILES string of the molecule is CC/C=C(/N=C(/Nc1ccc(OC)c(OC)c1)c1ncsc1C)N1CCC(NC(=O)c2ccc3[nH]c(=O)[nH]c3c2)C1. The van der Waals surface area contributed by atoms with Crippen LogP contribution in [0.1, 0.15) is 40.7 Å². The second kappa shape index (κ2) is 12.3. The van der Waals surface area contributed by atoms with Gasteiger partial charge in [-0.3, -0.25) is 4.79 Å². The zero-order chi connectivity index (χ0) is 28.9. The lowest BCUT2D eigenvalue weighted by molar-refractivity contribution is 0.0938. The highest BCUT2D eigenvalue weighted by molar-refractivity contribution is 7.09. The number of aliphatic imine (C=N–C) groups is 1. The molecule has 4 N–H and O–H groups in total. The number of amidine groups is 1. The Morgan fingerprint density at radius 3 is 2.71 bits per heavy atom. The number of rotatable bonds is 9. The fourth-order valence-corrected chi connectivity index (χ4v) is 5.37. The molecule has 0 bridgehead atoms. The van der Waals surface area contributed by atoms with Gasteiger partial charge in [0.1, 0.15) is 11.5 Å². The number of likely N-dealkylation sites (tertiary alicyclic amines) is 1. The minimum Gasteiger partial charge on any atom is -0.493 e. The molecule has 12 heteroatoms. The molecular formula is C29H33N7O4S. The van der Waals surface area contributed by atoms with Gasteiger partial charge in [0.2, 0.25) is 0 Å². The van der Waals surface area contributed by atoms with Gasteiger partial charge in [0.15, 0.2) is 17.3 Å². The number of anilines is 1. The molecule has 4 aromatic rings. The molecule has 0 spiro atoms. The molecule has 5 rings (SSSR count). The number of imidazole rings is 1. The summed E-state index contributed by atoms with van der Waals surface area (Å²) in [6.07, 6.45) is 3.65. The largest absolute Gasteiger partial charge is 0.493 e. The number of methoxy groups -OCH3 is 2. The Labute approximate surface area is 241 Å². The Kier molecular flexibility index (Phi) is 8.39. The summed E-state index contributed by atoms with van der Waals surface area (Å²) in [5, 5.41) is 6.57. The van der Waals surface area contributed by atoms with Crippen molar-refractivity contribution in [2.24, 2.45) is 4.99 Å². The summed E-state index contributed by atoms with van der Waals surface area (Å²) in [6, 6.07) is 10.7. The van der Waals surface area contributed by atoms with Crippen LogP contribution in [0.25, 0.3) is 11.0 Å². The highest BCUT2D eigenvalue weighted by Gasteiger charge is 2.26. The number of aromatic amines is 2. The van der Waals surface area contributed by atoms with E-state index in [1.54, 1.807) is 43.8 Å². The first-order chi connectivity index (χ1) is 19.9. The molecule has 41 heavy (non-hydrogen) atoms. The topological polar surface area (TPSA) is 137 Å². The molecule has 1 unspecified atom stereocenters. The van der Waals surface area contributed by atoms with Gasteiger partial charge in [-0.15, -0.1) is 11.3 Å². The summed E-state index contributed by atoms with van der Waals surface area (Å²) in [5.41, 5.74) is 4.83. The third-order valence-electron chi connectivity index (χ3n) is 6.85. The van der Waals surface area contributed by atoms with E-state index in [1.165, 1.54) is 0 Å². The zero-order valence-corrected chi connectivity index (χ0v) is 24.2. The number of thiazole rings is 1. The number of aromatic nitrogens is 3. The fraction of sp³-hybridized carbons (Fsp3) is 0.310. The molecule has 3 heterocycles. The molecule has 0 aliphatic carbocycles. The number of benzene rings is 2. The Balaban J connectivity index is 1.35. The second-order valence-corrected chi connectivity index (χ2v) is 10.7. The number of nitrogens with zero attached hydrogens (tertiary/aromatic N) is 3. The molecule has 1 amide bonds. The van der Waals surface area contributed by atoms with E-state index in [0.717, 1.165) is 41.5 Å². The lowest BCUT2D eigenvalue weighted by Gasteiger charge is -2.21. The van der Waals surface area contributed by atoms with Crippen LogP contribution in [0.15, 0.2) is 63.6 Å². The number of allylic oxidation sites excluding steroid dienone is 1. The minimum absolute atomic E-state index is 0.0535. The van der Waals surface area contributed by atoms with Gasteiger partial charge in [-0.1, -0.05) is 6.92 Å². The Morgan fingerprint density at radius 1 is 1.17 bits per heavy atom. The van der Waals surface area contributed by atoms with E-state index in [-0.39, 0.29) is 17.6 Å². The van der Waals surface area contributed by atoms with Crippen LogP contribution in [0.3, 0.4) is 0 Å². The van der Waals surface area contributed by atoms with Crippen LogP contribution >= 0.6 is 11.3 Å². The summed E-state index contributed by atoms with van der Waals surface area (Å²) in [5.74, 6) is 2.50. The molecular weight excluding hydrogens is 542 g/mol. The zero-order valence-electron chi connectivity index (χ0n) is 23.4. The van der Waals surface area contributed by atoms with Gasteiger partial charge in [0.25, 0.3) is 5.91 Å². The van der Waals surface area contributed by atoms with E-state index in [2.05, 4.69) is 43.5 Å². The first-order valence-corrected chi connectivity index (χ1v) is 14.2. The van der Waals surface area contributed by atoms with E-state index in [9.17, 15) is 9.59 Å². The molecule has 0 saturated carbocycles. The molecule has 1 aliphatic heterocycles. The highest BCUT2D eigenvalue weighted by Crippen LogP contribution is 2.30. The van der Waals surface area contributed by atoms with Crippen LogP contribution in [0.4, 0.5) is 5.69 Å². The normalized spacial score (nSPS) is 15.8. The van der Waals surface area contributed by atoms with Crippen LogP contribution in [-0.4, -0.2) is 64.9 Å². The lowest BCUT2D eigenvalue weighted by atomic mass is 10.1. The van der Waals surface area contributed by atoms with Crippen molar-refractivity contribution in [2.45, 2.75) is 32.7 Å². The van der Waals surface area contributed by atoms with Crippen LogP contribution in [0.5, 0.6) is 11.5 Å². The predicted molar refractivity (Wildman–Crippen MR) is 161 cm³/mol. The first kappa shape index (κ1) is 28.0. The Bertz CT molecular complexity index is 1670. The average Bonchev–Trinajstić information content (AvgIpc) is 3.70. The molecule has 1 fully saturated rings. The quantitative estimate of drug-likeness (QED) is 0.173. The Morgan fingerprint density at radius 2 is 1.98 bits per heavy atom. The standard InChI is InChI=1S/C29H33N7O4S/c1-5-6-25(35-27(26-17(2)41-16-30-26)31-19-8-10-23(39-3)24(14-19)40-4)36-12-11-20(15-36)32-28(37)18-7-9-21-22(13-18)34-29(38)33-21/h6-10,13-14,16,20H,5,11-12,15H2,1-4H3,(H,31,35)(H,32,37)(H2,33,34,38)/b25-6-. The van der Waals surface area contributed by atoms with Crippen LogP contribution in [-0.2, 0) is 0 Å². The van der Waals surface area contributed by atoms with Crippen molar-refractivity contribution in [2.75, 3.05) is 32.6 Å². The number of aryl methyl sites for hydroxylation is 1. The molecule has 0 radical (unpaired) electrons. The van der Waals surface area contributed by atoms with Gasteiger partial charge in [0, 0.05) is 41.3 Å². The van der Waals surface area contributed by atoms with Gasteiger partial charge in [0.05, 0.1) is 30.8 Å². The summed E-state index contributed by atoms with van der Waals surface area (Å²) in [7, 11) is 3.21. The fourth-order valence-electron chi connectivity index (χ4n) is 4.79. The predicted octanol–water partition coefficient (Wildman–Crippen LogP) is 4.25. The molecule has 214 valence electrons. The second-order valence-electron chi connectivity index (χ2n) is 9.63. The number of carbonyl (C=O) groups is 1. The van der Waals surface area contributed by atoms with E-state index in [0.29, 0.717) is 40.5 Å². The van der Waals surface area contributed by atoms with Gasteiger partial charge in [-0.2, -0.15) is 0 Å². The molecule has 1 atom stereocenters. The molecule has 2 aromatic carbocycles. The van der Waals surface area contributed by atoms with Crippen molar-refractivity contribution >= 4 is 39.8 Å². The van der Waals surface area contributed by atoms with Crippen molar-refractivity contribution in [1.29, 1.82) is 0 Å². The molecule has 1 aliphatic rings. The summed E-state index contributed by atoms with van der Waals surface area (Å²) >= 11 is 1.56. The number of ether oxygens (including phenoxy) is 2. The molecule has 2 aromatic heterocycles. The minimum atomic E-state index is -0.298. The summed E-state index contributed by atoms with van der Waals surface area (Å²) in [4.78, 5) is 42.9. The van der Waals surface area contributed by atoms with Crippen molar-refractivity contribution in [3.05, 3.63) is 80.4 Å². The van der Waals surface area contributed by atoms with Gasteiger partial charge >= 0.3 is 5.69 Å². The maximum Gasteiger partial charge on any atom is 0.323 e. The number of amides is 1. The van der Waals surface area contributed by atoms with E-state index < -0.39 is 0 Å².